The molecule has 0 unspecified atom stereocenters. The summed E-state index contributed by atoms with van der Waals surface area (Å²) in [6.45, 7) is 0.303. The number of para-hydroxylation sites is 1. The summed E-state index contributed by atoms with van der Waals surface area (Å²) in [4.78, 5) is 16.1. The van der Waals surface area contributed by atoms with Gasteiger partial charge in [0, 0.05) is 30.8 Å². The van der Waals surface area contributed by atoms with Crippen molar-refractivity contribution in [2.45, 2.75) is 6.54 Å². The number of anilines is 1. The molecule has 0 saturated carbocycles. The summed E-state index contributed by atoms with van der Waals surface area (Å²) in [7, 11) is 0. The molecular weight excluding hydrogens is 352 g/mol. The minimum Gasteiger partial charge on any atom is -0.457 e. The Kier molecular flexibility index (Phi) is 6.37. The zero-order chi connectivity index (χ0) is 19.6. The molecule has 0 saturated heterocycles. The van der Waals surface area contributed by atoms with Gasteiger partial charge in [0.1, 0.15) is 23.1 Å². The van der Waals surface area contributed by atoms with Gasteiger partial charge in [-0.3, -0.25) is 9.78 Å². The third-order valence-corrected chi connectivity index (χ3v) is 3.76. The molecule has 1 aromatic heterocycles. The number of nitrogens with one attached hydrogen (secondary N) is 2. The van der Waals surface area contributed by atoms with Gasteiger partial charge in [-0.25, -0.2) is 0 Å². The van der Waals surface area contributed by atoms with Gasteiger partial charge in [0.15, 0.2) is 0 Å². The second-order valence-electron chi connectivity index (χ2n) is 5.80. The topological polar surface area (TPSA) is 87.0 Å². The third-order valence-electron chi connectivity index (χ3n) is 3.76. The highest BCUT2D eigenvalue weighted by molar-refractivity contribution is 5.97. The molecule has 3 rings (SSSR count). The number of aromatic nitrogens is 1. The molecule has 0 atom stereocenters. The number of benzene rings is 2. The average Bonchev–Trinajstić information content (AvgIpc) is 2.75. The van der Waals surface area contributed by atoms with Crippen LogP contribution in [0, 0.1) is 11.3 Å². The van der Waals surface area contributed by atoms with Gasteiger partial charge in [-0.15, -0.1) is 0 Å². The molecule has 0 radical (unpaired) electrons. The van der Waals surface area contributed by atoms with Crippen molar-refractivity contribution >= 4 is 11.6 Å². The molecule has 6 heteroatoms. The number of pyridine rings is 1. The van der Waals surface area contributed by atoms with Gasteiger partial charge in [0.05, 0.1) is 0 Å². The molecule has 0 bridgehead atoms. The number of nitriles is 1. The largest absolute Gasteiger partial charge is 0.457 e. The molecule has 2 N–H and O–H groups in total. The van der Waals surface area contributed by atoms with E-state index in [1.54, 1.807) is 42.7 Å². The summed E-state index contributed by atoms with van der Waals surface area (Å²) in [5.74, 6) is 0.985. The quantitative estimate of drug-likeness (QED) is 0.485. The van der Waals surface area contributed by atoms with Crippen LogP contribution < -0.4 is 15.4 Å². The summed E-state index contributed by atoms with van der Waals surface area (Å²) in [5.41, 5.74) is 1.57. The molecule has 28 heavy (non-hydrogen) atoms. The van der Waals surface area contributed by atoms with Crippen molar-refractivity contribution in [3.8, 4) is 17.6 Å². The maximum atomic E-state index is 12.1. The molecule has 6 nitrogen and oxygen atoms in total. The number of hydrogen-bond donors (Lipinski definition) is 2. The smallest absolute Gasteiger partial charge is 0.263 e. The van der Waals surface area contributed by atoms with Crippen LogP contribution in [0.4, 0.5) is 5.69 Å². The number of rotatable bonds is 7. The summed E-state index contributed by atoms with van der Waals surface area (Å²) in [6, 6.07) is 22.2. The second-order valence-corrected chi connectivity index (χ2v) is 5.80. The summed E-state index contributed by atoms with van der Waals surface area (Å²) in [6.07, 6.45) is 4.70. The number of carbonyl (C=O) groups is 1. The SMILES string of the molecule is N#C/C(=C/Nc1ccc(Oc2ccccc2)cc1)C(=O)NCc1cccnc1. The predicted molar refractivity (Wildman–Crippen MR) is 106 cm³/mol. The zero-order valence-corrected chi connectivity index (χ0v) is 15.0. The molecular formula is C22H18N4O2. The molecule has 2 aromatic carbocycles. The predicted octanol–water partition coefficient (Wildman–Crippen LogP) is 4.01. The lowest BCUT2D eigenvalue weighted by atomic mass is 10.2. The van der Waals surface area contributed by atoms with Crippen molar-refractivity contribution in [3.63, 3.8) is 0 Å². The van der Waals surface area contributed by atoms with E-state index >= 15 is 0 Å². The van der Waals surface area contributed by atoms with Crippen molar-refractivity contribution in [1.82, 2.24) is 10.3 Å². The van der Waals surface area contributed by atoms with E-state index in [-0.39, 0.29) is 5.57 Å². The van der Waals surface area contributed by atoms with Crippen molar-refractivity contribution in [2.75, 3.05) is 5.32 Å². The lowest BCUT2D eigenvalue weighted by Crippen LogP contribution is -2.24. The van der Waals surface area contributed by atoms with Crippen LogP contribution in [0.5, 0.6) is 11.5 Å². The Labute approximate surface area is 163 Å². The number of hydrogen-bond acceptors (Lipinski definition) is 5. The van der Waals surface area contributed by atoms with E-state index in [1.807, 2.05) is 42.5 Å². The summed E-state index contributed by atoms with van der Waals surface area (Å²) < 4.78 is 5.73. The highest BCUT2D eigenvalue weighted by Gasteiger charge is 2.08. The van der Waals surface area contributed by atoms with Gasteiger partial charge in [0.2, 0.25) is 0 Å². The monoisotopic (exact) mass is 370 g/mol. The van der Waals surface area contributed by atoms with E-state index < -0.39 is 5.91 Å². The van der Waals surface area contributed by atoms with E-state index in [2.05, 4.69) is 15.6 Å². The molecule has 3 aromatic rings. The lowest BCUT2D eigenvalue weighted by Gasteiger charge is -2.07. The molecule has 0 fully saturated rings. The number of nitrogens with zero attached hydrogens (tertiary/aromatic N) is 2. The van der Waals surface area contributed by atoms with E-state index in [0.717, 1.165) is 17.0 Å². The van der Waals surface area contributed by atoms with Gasteiger partial charge in [-0.2, -0.15) is 5.26 Å². The van der Waals surface area contributed by atoms with E-state index in [0.29, 0.717) is 12.3 Å². The highest BCUT2D eigenvalue weighted by atomic mass is 16.5. The Morgan fingerprint density at radius 3 is 2.46 bits per heavy atom. The van der Waals surface area contributed by atoms with Gasteiger partial charge in [-0.1, -0.05) is 24.3 Å². The van der Waals surface area contributed by atoms with Crippen LogP contribution in [0.1, 0.15) is 5.56 Å². The van der Waals surface area contributed by atoms with Crippen molar-refractivity contribution in [2.24, 2.45) is 0 Å². The van der Waals surface area contributed by atoms with Gasteiger partial charge in [0.25, 0.3) is 5.91 Å². The van der Waals surface area contributed by atoms with E-state index in [1.165, 1.54) is 6.20 Å². The lowest BCUT2D eigenvalue weighted by molar-refractivity contribution is -0.117. The van der Waals surface area contributed by atoms with Crippen LogP contribution >= 0.6 is 0 Å². The van der Waals surface area contributed by atoms with Crippen molar-refractivity contribution in [3.05, 3.63) is 96.5 Å². The Balaban J connectivity index is 1.56. The summed E-state index contributed by atoms with van der Waals surface area (Å²) >= 11 is 0. The zero-order valence-electron chi connectivity index (χ0n) is 15.0. The van der Waals surface area contributed by atoms with E-state index in [9.17, 15) is 10.1 Å². The van der Waals surface area contributed by atoms with Crippen LogP contribution in [0.25, 0.3) is 0 Å². The molecule has 0 aliphatic rings. The molecule has 1 amide bonds. The molecule has 0 spiro atoms. The first-order valence-electron chi connectivity index (χ1n) is 8.61. The van der Waals surface area contributed by atoms with Crippen molar-refractivity contribution in [1.29, 1.82) is 5.26 Å². The summed E-state index contributed by atoms with van der Waals surface area (Å²) in [5, 5.41) is 14.9. The molecule has 138 valence electrons. The fraction of sp³-hybridized carbons (Fsp3) is 0.0455. The number of amides is 1. The van der Waals surface area contributed by atoms with Crippen LogP contribution in [-0.4, -0.2) is 10.9 Å². The number of ether oxygens (including phenoxy) is 1. The Bertz CT molecular complexity index is 979. The minimum absolute atomic E-state index is 0.0199. The van der Waals surface area contributed by atoms with Gasteiger partial charge >= 0.3 is 0 Å². The standard InChI is InChI=1S/C22H18N4O2/c23-13-18(22(27)26-15-17-5-4-12-24-14-17)16-25-19-8-10-21(11-9-19)28-20-6-2-1-3-7-20/h1-12,14,16,25H,15H2,(H,26,27)/b18-16-. The van der Waals surface area contributed by atoms with Gasteiger partial charge in [-0.05, 0) is 48.0 Å². The highest BCUT2D eigenvalue weighted by Crippen LogP contribution is 2.22. The van der Waals surface area contributed by atoms with Crippen LogP contribution in [-0.2, 0) is 11.3 Å². The third kappa shape index (κ3) is 5.44. The number of carbonyl (C=O) groups excluding carboxylic acids is 1. The minimum atomic E-state index is -0.456. The van der Waals surface area contributed by atoms with Crippen LogP contribution in [0.15, 0.2) is 90.9 Å². The fourth-order valence-electron chi connectivity index (χ4n) is 2.33. The maximum Gasteiger partial charge on any atom is 0.263 e. The first kappa shape index (κ1) is 18.7. The Morgan fingerprint density at radius 2 is 1.79 bits per heavy atom. The Morgan fingerprint density at radius 1 is 1.04 bits per heavy atom. The molecule has 1 heterocycles. The maximum absolute atomic E-state index is 12.1. The van der Waals surface area contributed by atoms with Crippen molar-refractivity contribution < 1.29 is 9.53 Å². The van der Waals surface area contributed by atoms with E-state index in [4.69, 9.17) is 4.74 Å². The van der Waals surface area contributed by atoms with Gasteiger partial charge < -0.3 is 15.4 Å². The van der Waals surface area contributed by atoms with Crippen LogP contribution in [0.2, 0.25) is 0 Å². The fourth-order valence-corrected chi connectivity index (χ4v) is 2.33. The second kappa shape index (κ2) is 9.55. The normalized spacial score (nSPS) is 10.6. The Hall–Kier alpha value is -4.11. The van der Waals surface area contributed by atoms with Crippen LogP contribution in [0.3, 0.4) is 0 Å². The first-order chi connectivity index (χ1) is 13.7. The molecule has 0 aliphatic carbocycles. The first-order valence-corrected chi connectivity index (χ1v) is 8.61. The average molecular weight is 370 g/mol. The molecule has 0 aliphatic heterocycles.